The summed E-state index contributed by atoms with van der Waals surface area (Å²) in [5.74, 6) is 1.22. The van der Waals surface area contributed by atoms with E-state index in [1.54, 1.807) is 18.9 Å². The first-order valence-corrected chi connectivity index (χ1v) is 8.30. The van der Waals surface area contributed by atoms with Crippen molar-refractivity contribution in [1.82, 2.24) is 9.78 Å². The third kappa shape index (κ3) is 2.91. The second-order valence-electron chi connectivity index (χ2n) is 7.23. The molecule has 1 aliphatic heterocycles. The van der Waals surface area contributed by atoms with E-state index in [1.165, 1.54) is 0 Å². The molecule has 0 saturated carbocycles. The molecule has 1 aromatic carbocycles. The highest BCUT2D eigenvalue weighted by molar-refractivity contribution is 6.63. The summed E-state index contributed by atoms with van der Waals surface area (Å²) in [6.07, 6.45) is 1.89. The number of ether oxygens (including phenoxy) is 2. The molecule has 1 aliphatic rings. The number of hydrogen-bond donors (Lipinski definition) is 0. The summed E-state index contributed by atoms with van der Waals surface area (Å²) in [6, 6.07) is 5.85. The smallest absolute Gasteiger partial charge is 0.493 e. The predicted octanol–water partition coefficient (Wildman–Crippen LogP) is 2.40. The molecule has 0 unspecified atom stereocenters. The van der Waals surface area contributed by atoms with Crippen molar-refractivity contribution in [3.63, 3.8) is 0 Å². The minimum atomic E-state index is -0.522. The Hall–Kier alpha value is -1.99. The number of aromatic nitrogens is 2. The minimum Gasteiger partial charge on any atom is -0.493 e. The van der Waals surface area contributed by atoms with Gasteiger partial charge in [-0.25, -0.2) is 0 Å². The number of hydrogen-bond acceptors (Lipinski definition) is 5. The Labute approximate surface area is 149 Å². The van der Waals surface area contributed by atoms with Gasteiger partial charge in [0.15, 0.2) is 11.5 Å². The van der Waals surface area contributed by atoms with Crippen molar-refractivity contribution in [2.75, 3.05) is 14.2 Å². The van der Waals surface area contributed by atoms with Gasteiger partial charge in [0.25, 0.3) is 0 Å². The maximum Gasteiger partial charge on any atom is 0.498 e. The Balaban J connectivity index is 2.08. The average Bonchev–Trinajstić information content (AvgIpc) is 3.06. The molecule has 2 aromatic rings. The van der Waals surface area contributed by atoms with E-state index in [1.807, 2.05) is 59.1 Å². The van der Waals surface area contributed by atoms with E-state index in [9.17, 15) is 0 Å². The molecule has 0 atom stereocenters. The molecule has 2 heterocycles. The predicted molar refractivity (Wildman–Crippen MR) is 97.5 cm³/mol. The number of rotatable bonds is 4. The van der Waals surface area contributed by atoms with Crippen molar-refractivity contribution in [3.05, 3.63) is 24.4 Å². The zero-order valence-electron chi connectivity index (χ0n) is 15.9. The lowest BCUT2D eigenvalue weighted by atomic mass is 9.77. The third-order valence-electron chi connectivity index (χ3n) is 5.05. The van der Waals surface area contributed by atoms with Gasteiger partial charge >= 0.3 is 7.12 Å². The molecule has 134 valence electrons. The van der Waals surface area contributed by atoms with Crippen LogP contribution in [0.5, 0.6) is 11.5 Å². The normalized spacial score (nSPS) is 18.4. The maximum absolute atomic E-state index is 6.16. The Morgan fingerprint density at radius 2 is 1.56 bits per heavy atom. The van der Waals surface area contributed by atoms with Crippen molar-refractivity contribution in [1.29, 1.82) is 0 Å². The molecule has 1 fully saturated rings. The Bertz CT molecular complexity index is 769. The first-order valence-electron chi connectivity index (χ1n) is 8.30. The Morgan fingerprint density at radius 1 is 0.960 bits per heavy atom. The molecule has 0 bridgehead atoms. The van der Waals surface area contributed by atoms with E-state index in [0.29, 0.717) is 11.5 Å². The molecule has 0 amide bonds. The summed E-state index contributed by atoms with van der Waals surface area (Å²) in [4.78, 5) is 0. The molecule has 1 saturated heterocycles. The van der Waals surface area contributed by atoms with Crippen molar-refractivity contribution in [3.8, 4) is 22.8 Å². The maximum atomic E-state index is 6.16. The van der Waals surface area contributed by atoms with Gasteiger partial charge in [-0.3, -0.25) is 4.68 Å². The summed E-state index contributed by atoms with van der Waals surface area (Å²) < 4.78 is 25.4. The van der Waals surface area contributed by atoms with Gasteiger partial charge in [0.05, 0.1) is 31.1 Å². The van der Waals surface area contributed by atoms with Gasteiger partial charge in [-0.1, -0.05) is 6.07 Å². The van der Waals surface area contributed by atoms with E-state index in [-0.39, 0.29) is 0 Å². The molecular formula is C18H25BN2O4. The van der Waals surface area contributed by atoms with E-state index >= 15 is 0 Å². The van der Waals surface area contributed by atoms with Gasteiger partial charge in [0.2, 0.25) is 0 Å². The average molecular weight is 344 g/mol. The Kier molecular flexibility index (Phi) is 4.33. The highest BCUT2D eigenvalue weighted by Gasteiger charge is 2.52. The quantitative estimate of drug-likeness (QED) is 0.798. The fraction of sp³-hybridized carbons (Fsp3) is 0.500. The van der Waals surface area contributed by atoms with Gasteiger partial charge in [0, 0.05) is 24.3 Å². The molecule has 0 radical (unpaired) electrons. The molecule has 1 aromatic heterocycles. The lowest BCUT2D eigenvalue weighted by molar-refractivity contribution is 0.00578. The summed E-state index contributed by atoms with van der Waals surface area (Å²) in [7, 11) is 4.60. The molecule has 7 heteroatoms. The SMILES string of the molecule is COc1c(B2OC(C)(C)C(C)(C)O2)ccc(-c2ccn(C)n2)c1OC. The third-order valence-corrected chi connectivity index (χ3v) is 5.05. The van der Waals surface area contributed by atoms with Gasteiger partial charge < -0.3 is 18.8 Å². The van der Waals surface area contributed by atoms with Crippen molar-refractivity contribution in [2.45, 2.75) is 38.9 Å². The zero-order valence-corrected chi connectivity index (χ0v) is 15.9. The second kappa shape index (κ2) is 6.07. The van der Waals surface area contributed by atoms with Crippen LogP contribution in [0.15, 0.2) is 24.4 Å². The van der Waals surface area contributed by atoms with Crippen LogP contribution in [-0.4, -0.2) is 42.3 Å². The van der Waals surface area contributed by atoms with Gasteiger partial charge in [-0.2, -0.15) is 5.10 Å². The topological polar surface area (TPSA) is 54.7 Å². The Morgan fingerprint density at radius 3 is 2.04 bits per heavy atom. The van der Waals surface area contributed by atoms with Gasteiger partial charge in [-0.15, -0.1) is 0 Å². The van der Waals surface area contributed by atoms with Crippen LogP contribution in [-0.2, 0) is 16.4 Å². The first kappa shape index (κ1) is 17.8. The fourth-order valence-electron chi connectivity index (χ4n) is 2.91. The number of nitrogens with zero attached hydrogens (tertiary/aromatic N) is 2. The summed E-state index contributed by atoms with van der Waals surface area (Å²) in [5.41, 5.74) is 1.64. The second-order valence-corrected chi connectivity index (χ2v) is 7.23. The molecule has 3 rings (SSSR count). The van der Waals surface area contributed by atoms with Crippen LogP contribution in [0.2, 0.25) is 0 Å². The summed E-state index contributed by atoms with van der Waals surface area (Å²) in [6.45, 7) is 8.11. The zero-order chi connectivity index (χ0) is 18.4. The van der Waals surface area contributed by atoms with E-state index < -0.39 is 18.3 Å². The molecule has 0 N–H and O–H groups in total. The lowest BCUT2D eigenvalue weighted by Gasteiger charge is -2.32. The summed E-state index contributed by atoms with van der Waals surface area (Å²) in [5, 5.41) is 4.46. The van der Waals surface area contributed by atoms with Crippen LogP contribution in [0.25, 0.3) is 11.3 Å². The molecule has 6 nitrogen and oxygen atoms in total. The summed E-state index contributed by atoms with van der Waals surface area (Å²) >= 11 is 0. The van der Waals surface area contributed by atoms with Crippen LogP contribution in [0.4, 0.5) is 0 Å². The number of benzene rings is 1. The number of methoxy groups -OCH3 is 2. The van der Waals surface area contributed by atoms with E-state index in [4.69, 9.17) is 18.8 Å². The monoisotopic (exact) mass is 344 g/mol. The van der Waals surface area contributed by atoms with Crippen LogP contribution in [0, 0.1) is 0 Å². The molecule has 25 heavy (non-hydrogen) atoms. The molecular weight excluding hydrogens is 319 g/mol. The fourth-order valence-corrected chi connectivity index (χ4v) is 2.91. The first-order chi connectivity index (χ1) is 11.7. The molecule has 0 aliphatic carbocycles. The number of aryl methyl sites for hydroxylation is 1. The van der Waals surface area contributed by atoms with E-state index in [0.717, 1.165) is 16.7 Å². The highest BCUT2D eigenvalue weighted by Crippen LogP contribution is 2.40. The van der Waals surface area contributed by atoms with Crippen LogP contribution in [0.1, 0.15) is 27.7 Å². The minimum absolute atomic E-state index is 0.421. The van der Waals surface area contributed by atoms with Gasteiger partial charge in [-0.05, 0) is 39.8 Å². The standard InChI is InChI=1S/C18H25BN2O4/c1-17(2)18(3,4)25-19(24-17)13-9-8-12(14-10-11-21(5)20-14)15(22-6)16(13)23-7/h8-11H,1-7H3. The lowest BCUT2D eigenvalue weighted by Crippen LogP contribution is -2.41. The van der Waals surface area contributed by atoms with Crippen molar-refractivity contribution in [2.24, 2.45) is 7.05 Å². The van der Waals surface area contributed by atoms with Crippen LogP contribution < -0.4 is 14.9 Å². The molecule has 0 spiro atoms. The largest absolute Gasteiger partial charge is 0.498 e. The van der Waals surface area contributed by atoms with Crippen LogP contribution >= 0.6 is 0 Å². The van der Waals surface area contributed by atoms with E-state index in [2.05, 4.69) is 5.10 Å². The van der Waals surface area contributed by atoms with Crippen molar-refractivity contribution < 1.29 is 18.8 Å². The van der Waals surface area contributed by atoms with Crippen LogP contribution in [0.3, 0.4) is 0 Å². The van der Waals surface area contributed by atoms with Gasteiger partial charge in [0.1, 0.15) is 0 Å². The highest BCUT2D eigenvalue weighted by atomic mass is 16.7. The van der Waals surface area contributed by atoms with Crippen molar-refractivity contribution >= 4 is 12.6 Å².